The van der Waals surface area contributed by atoms with Crippen molar-refractivity contribution < 1.29 is 59.1 Å². The van der Waals surface area contributed by atoms with Crippen LogP contribution in [0.4, 0.5) is 0 Å². The molecule has 0 aliphatic carbocycles. The van der Waals surface area contributed by atoms with Crippen molar-refractivity contribution in [1.82, 2.24) is 0 Å². The first-order chi connectivity index (χ1) is 1.73. The van der Waals surface area contributed by atoms with Gasteiger partial charge >= 0.3 is 59.1 Å². The van der Waals surface area contributed by atoms with Crippen LogP contribution in [0.1, 0.15) is 0 Å². The Hall–Kier alpha value is 2.04. The SMILES string of the molecule is NC(N)=S.[Na+].[Na+].[S-2]. The average molecular weight is 154 g/mol. The van der Waals surface area contributed by atoms with Gasteiger partial charge in [0.05, 0.1) is 0 Å². The van der Waals surface area contributed by atoms with Crippen LogP contribution in [-0.2, 0) is 13.5 Å². The van der Waals surface area contributed by atoms with Crippen LogP contribution in [0.5, 0.6) is 0 Å². The molecule has 0 radical (unpaired) electrons. The zero-order valence-corrected chi connectivity index (χ0v) is 10.1. The van der Waals surface area contributed by atoms with E-state index >= 15 is 0 Å². The number of thiocarbonyl (C=S) groups is 1. The molecule has 0 amide bonds. The largest absolute Gasteiger partial charge is 2.00 e. The van der Waals surface area contributed by atoms with E-state index in [0.29, 0.717) is 0 Å². The van der Waals surface area contributed by atoms with E-state index in [4.69, 9.17) is 0 Å². The Morgan fingerprint density at radius 3 is 1.14 bits per heavy atom. The van der Waals surface area contributed by atoms with Crippen molar-refractivity contribution in [2.45, 2.75) is 0 Å². The molecule has 0 aliphatic heterocycles. The summed E-state index contributed by atoms with van der Waals surface area (Å²) >= 11 is 4.09. The summed E-state index contributed by atoms with van der Waals surface area (Å²) < 4.78 is 0. The maximum atomic E-state index is 4.62. The maximum Gasteiger partial charge on any atom is 1.00 e. The van der Waals surface area contributed by atoms with E-state index in [9.17, 15) is 0 Å². The standard InChI is InChI=1S/CH4N2S.2Na.S/c2-1(3)4;;;/h(H4,2,3,4);;;/q;2*+1;-2. The third-order valence-electron chi connectivity index (χ3n) is 0. The van der Waals surface area contributed by atoms with E-state index in [1.165, 1.54) is 0 Å². The van der Waals surface area contributed by atoms with Gasteiger partial charge in [-0.05, 0) is 12.2 Å². The van der Waals surface area contributed by atoms with Crippen molar-refractivity contribution in [3.63, 3.8) is 0 Å². The molecule has 0 bridgehead atoms. The second-order valence-electron chi connectivity index (χ2n) is 0.402. The first-order valence-corrected chi connectivity index (χ1v) is 1.19. The van der Waals surface area contributed by atoms with Crippen molar-refractivity contribution in [3.05, 3.63) is 0 Å². The van der Waals surface area contributed by atoms with Gasteiger partial charge < -0.3 is 25.0 Å². The minimum absolute atomic E-state index is 0. The molecule has 7 heavy (non-hydrogen) atoms. The van der Waals surface area contributed by atoms with E-state index in [-0.39, 0.29) is 77.7 Å². The molecule has 0 aliphatic rings. The Balaban J connectivity index is -0.0000000150. The minimum Gasteiger partial charge on any atom is -2.00 e. The summed E-state index contributed by atoms with van der Waals surface area (Å²) in [5.74, 6) is 0. The van der Waals surface area contributed by atoms with Gasteiger partial charge in [0.1, 0.15) is 0 Å². The third-order valence-corrected chi connectivity index (χ3v) is 0. The molecule has 4 N–H and O–H groups in total. The maximum absolute atomic E-state index is 4.62. The summed E-state index contributed by atoms with van der Waals surface area (Å²) in [5.41, 5.74) is 9.24. The molecule has 0 saturated heterocycles. The van der Waals surface area contributed by atoms with E-state index < -0.39 is 0 Å². The van der Waals surface area contributed by atoms with Crippen molar-refractivity contribution in [2.75, 3.05) is 0 Å². The summed E-state index contributed by atoms with van der Waals surface area (Å²) in [6.07, 6.45) is 0. The Bertz CT molecular complexity index is 36.7. The van der Waals surface area contributed by atoms with Crippen LogP contribution in [0.2, 0.25) is 0 Å². The van der Waals surface area contributed by atoms with Crippen LogP contribution >= 0.6 is 12.2 Å². The predicted octanol–water partition coefficient (Wildman–Crippen LogP) is -6.81. The summed E-state index contributed by atoms with van der Waals surface area (Å²) in [6.45, 7) is 0. The molecule has 0 aromatic heterocycles. The number of nitrogens with two attached hydrogens (primary N) is 2. The minimum atomic E-state index is 0. The van der Waals surface area contributed by atoms with Gasteiger partial charge in [-0.3, -0.25) is 0 Å². The molecule has 0 atom stereocenters. The fourth-order valence-corrected chi connectivity index (χ4v) is 0. The third kappa shape index (κ3) is 70.5. The monoisotopic (exact) mass is 154 g/mol. The topological polar surface area (TPSA) is 52.0 Å². The molecule has 0 fully saturated rings. The molecule has 0 saturated carbocycles. The molecule has 0 rings (SSSR count). The molecular formula is CH4N2Na2S2. The molecule has 0 heterocycles. The summed E-state index contributed by atoms with van der Waals surface area (Å²) in [4.78, 5) is 0. The Morgan fingerprint density at radius 2 is 1.14 bits per heavy atom. The average Bonchev–Trinajstić information content (AvgIpc) is 0.811. The van der Waals surface area contributed by atoms with Gasteiger partial charge in [-0.2, -0.15) is 0 Å². The van der Waals surface area contributed by atoms with Crippen molar-refractivity contribution in [2.24, 2.45) is 11.5 Å². The molecular weight excluding hydrogens is 150 g/mol. The van der Waals surface area contributed by atoms with Gasteiger partial charge in [-0.15, -0.1) is 0 Å². The van der Waals surface area contributed by atoms with Gasteiger partial charge in [0.15, 0.2) is 5.11 Å². The number of rotatable bonds is 0. The first-order valence-electron chi connectivity index (χ1n) is 0.781. The Morgan fingerprint density at radius 1 is 1.14 bits per heavy atom. The molecule has 32 valence electrons. The van der Waals surface area contributed by atoms with Gasteiger partial charge in [-0.1, -0.05) is 0 Å². The Kier molecular flexibility index (Phi) is 51.6. The second-order valence-corrected chi connectivity index (χ2v) is 0.874. The summed E-state index contributed by atoms with van der Waals surface area (Å²) in [7, 11) is 0. The van der Waals surface area contributed by atoms with Gasteiger partial charge in [-0.25, -0.2) is 0 Å². The first kappa shape index (κ1) is 23.0. The quantitative estimate of drug-likeness (QED) is 0.269. The fourth-order valence-electron chi connectivity index (χ4n) is 0. The van der Waals surface area contributed by atoms with Crippen LogP contribution in [0.15, 0.2) is 0 Å². The number of hydrogen-bond donors (Lipinski definition) is 2. The van der Waals surface area contributed by atoms with Gasteiger partial charge in [0, 0.05) is 0 Å². The predicted molar refractivity (Wildman–Crippen MR) is 28.3 cm³/mol. The molecule has 0 aromatic carbocycles. The van der Waals surface area contributed by atoms with Crippen LogP contribution in [0.25, 0.3) is 0 Å². The summed E-state index contributed by atoms with van der Waals surface area (Å²) in [6, 6.07) is 0. The van der Waals surface area contributed by atoms with Crippen molar-refractivity contribution in [3.8, 4) is 0 Å². The van der Waals surface area contributed by atoms with Crippen LogP contribution in [0.3, 0.4) is 0 Å². The van der Waals surface area contributed by atoms with Gasteiger partial charge in [0.25, 0.3) is 0 Å². The fraction of sp³-hybridized carbons (Fsp3) is 0. The van der Waals surface area contributed by atoms with E-state index in [1.54, 1.807) is 0 Å². The van der Waals surface area contributed by atoms with Crippen molar-refractivity contribution >= 4 is 30.8 Å². The van der Waals surface area contributed by atoms with Crippen LogP contribution in [0, 0.1) is 0 Å². The van der Waals surface area contributed by atoms with E-state index in [0.717, 1.165) is 0 Å². The van der Waals surface area contributed by atoms with Crippen LogP contribution < -0.4 is 70.6 Å². The van der Waals surface area contributed by atoms with E-state index in [1.807, 2.05) is 0 Å². The molecule has 0 unspecified atom stereocenters. The zero-order valence-electron chi connectivity index (χ0n) is 4.47. The van der Waals surface area contributed by atoms with Gasteiger partial charge in [0.2, 0.25) is 0 Å². The van der Waals surface area contributed by atoms with E-state index in [2.05, 4.69) is 23.7 Å². The normalized spacial score (nSPS) is 3.43. The number of hydrogen-bond acceptors (Lipinski definition) is 1. The van der Waals surface area contributed by atoms with Crippen LogP contribution in [-0.4, -0.2) is 5.11 Å². The van der Waals surface area contributed by atoms with Crippen molar-refractivity contribution in [1.29, 1.82) is 0 Å². The smallest absolute Gasteiger partial charge is 1.00 e. The molecule has 0 aromatic rings. The molecule has 0 spiro atoms. The second kappa shape index (κ2) is 15.7. The Labute approximate surface area is 99.8 Å². The summed E-state index contributed by atoms with van der Waals surface area (Å²) in [5, 5.41) is 0.000000000000000222. The molecule has 6 heteroatoms. The molecule has 2 nitrogen and oxygen atoms in total. The zero-order chi connectivity index (χ0) is 3.58.